The number of furan rings is 1. The van der Waals surface area contributed by atoms with Crippen LogP contribution in [0.2, 0.25) is 0 Å². The lowest BCUT2D eigenvalue weighted by molar-refractivity contribution is 0.420. The van der Waals surface area contributed by atoms with Gasteiger partial charge in [0.1, 0.15) is 0 Å². The average molecular weight is 226 g/mol. The van der Waals surface area contributed by atoms with Crippen molar-refractivity contribution in [2.45, 2.75) is 0 Å². The Morgan fingerprint density at radius 3 is 2.59 bits per heavy atom. The summed E-state index contributed by atoms with van der Waals surface area (Å²) in [6.45, 7) is 0. The monoisotopic (exact) mass is 226 g/mol. The molecule has 1 aromatic carbocycles. The van der Waals surface area contributed by atoms with Gasteiger partial charge in [-0.15, -0.1) is 0 Å². The molecular weight excluding hydrogens is 216 g/mol. The lowest BCUT2D eigenvalue weighted by Crippen LogP contribution is -1.88. The van der Waals surface area contributed by atoms with Crippen LogP contribution >= 0.6 is 0 Å². The fourth-order valence-electron chi connectivity index (χ4n) is 1.54. The highest BCUT2D eigenvalue weighted by Crippen LogP contribution is 2.24. The fraction of sp³-hybridized carbons (Fsp3) is 0. The molecule has 3 aromatic rings. The normalized spacial score (nSPS) is 10.4. The summed E-state index contributed by atoms with van der Waals surface area (Å²) >= 11 is 0. The molecule has 0 atom stereocenters. The Bertz CT molecular complexity index is 585. The van der Waals surface area contributed by atoms with Crippen LogP contribution in [-0.4, -0.2) is 5.16 Å². The molecule has 0 amide bonds. The van der Waals surface area contributed by atoms with Gasteiger partial charge in [0.05, 0.1) is 6.26 Å². The molecule has 0 aliphatic rings. The Morgan fingerprint density at radius 2 is 1.82 bits per heavy atom. The van der Waals surface area contributed by atoms with E-state index < -0.39 is 0 Å². The van der Waals surface area contributed by atoms with E-state index in [0.717, 1.165) is 5.69 Å². The largest absolute Gasteiger partial charge is 0.461 e. The molecule has 2 aromatic heterocycles. The number of hydrogen-bond donors (Lipinski definition) is 1. The van der Waals surface area contributed by atoms with Crippen molar-refractivity contribution in [3.05, 3.63) is 54.8 Å². The highest BCUT2D eigenvalue weighted by molar-refractivity contribution is 5.61. The van der Waals surface area contributed by atoms with Crippen molar-refractivity contribution in [3.8, 4) is 11.5 Å². The minimum atomic E-state index is 0.605. The van der Waals surface area contributed by atoms with E-state index in [1.165, 1.54) is 0 Å². The summed E-state index contributed by atoms with van der Waals surface area (Å²) in [7, 11) is 0. The van der Waals surface area contributed by atoms with Crippen LogP contribution in [0.15, 0.2) is 63.7 Å². The molecule has 84 valence electrons. The van der Waals surface area contributed by atoms with E-state index in [1.807, 2.05) is 42.5 Å². The van der Waals surface area contributed by atoms with Crippen LogP contribution in [0.25, 0.3) is 11.5 Å². The van der Waals surface area contributed by atoms with Gasteiger partial charge in [-0.05, 0) is 24.3 Å². The molecule has 3 rings (SSSR count). The van der Waals surface area contributed by atoms with E-state index in [4.69, 9.17) is 8.94 Å². The Kier molecular flexibility index (Phi) is 2.38. The Labute approximate surface area is 97.9 Å². The summed E-state index contributed by atoms with van der Waals surface area (Å²) in [4.78, 5) is 0. The topological polar surface area (TPSA) is 51.2 Å². The first kappa shape index (κ1) is 9.72. The third kappa shape index (κ3) is 2.06. The standard InChI is InChI=1S/C13H10N2O2/c1-2-5-10(6-3-1)14-13-9-12(17-15-13)11-7-4-8-16-11/h1-9H,(H,14,15). The number of aromatic nitrogens is 1. The zero-order valence-electron chi connectivity index (χ0n) is 8.96. The first-order chi connectivity index (χ1) is 8.42. The van der Waals surface area contributed by atoms with E-state index in [0.29, 0.717) is 17.3 Å². The Balaban J connectivity index is 1.82. The van der Waals surface area contributed by atoms with Crippen molar-refractivity contribution in [1.29, 1.82) is 0 Å². The summed E-state index contributed by atoms with van der Waals surface area (Å²) in [5, 5.41) is 7.06. The van der Waals surface area contributed by atoms with Crippen LogP contribution in [0.4, 0.5) is 11.5 Å². The average Bonchev–Trinajstić information content (AvgIpc) is 3.00. The van der Waals surface area contributed by atoms with Crippen LogP contribution < -0.4 is 5.32 Å². The van der Waals surface area contributed by atoms with Crippen molar-refractivity contribution in [2.24, 2.45) is 0 Å². The molecule has 0 spiro atoms. The minimum absolute atomic E-state index is 0.605. The van der Waals surface area contributed by atoms with Crippen LogP contribution in [0.1, 0.15) is 0 Å². The maximum absolute atomic E-state index is 5.22. The van der Waals surface area contributed by atoms with Gasteiger partial charge in [-0.1, -0.05) is 23.4 Å². The molecule has 0 bridgehead atoms. The summed E-state index contributed by atoms with van der Waals surface area (Å²) in [5.74, 6) is 1.93. The quantitative estimate of drug-likeness (QED) is 0.740. The smallest absolute Gasteiger partial charge is 0.204 e. The molecule has 4 heteroatoms. The highest BCUT2D eigenvalue weighted by atomic mass is 16.5. The second-order valence-electron chi connectivity index (χ2n) is 3.54. The summed E-state index contributed by atoms with van der Waals surface area (Å²) in [6, 6.07) is 15.2. The second-order valence-corrected chi connectivity index (χ2v) is 3.54. The van der Waals surface area contributed by atoms with Gasteiger partial charge in [-0.25, -0.2) is 0 Å². The molecule has 0 fully saturated rings. The number of nitrogens with zero attached hydrogens (tertiary/aromatic N) is 1. The van der Waals surface area contributed by atoms with Gasteiger partial charge in [-0.3, -0.25) is 0 Å². The lowest BCUT2D eigenvalue weighted by atomic mass is 10.3. The van der Waals surface area contributed by atoms with E-state index in [1.54, 1.807) is 12.3 Å². The molecule has 4 nitrogen and oxygen atoms in total. The SMILES string of the molecule is c1ccc(Nc2cc(-c3ccco3)on2)cc1. The maximum atomic E-state index is 5.22. The third-order valence-corrected chi connectivity index (χ3v) is 2.32. The van der Waals surface area contributed by atoms with Crippen molar-refractivity contribution < 1.29 is 8.94 Å². The number of hydrogen-bond acceptors (Lipinski definition) is 4. The van der Waals surface area contributed by atoms with Crippen LogP contribution in [0.3, 0.4) is 0 Å². The molecule has 1 N–H and O–H groups in total. The predicted octanol–water partition coefficient (Wildman–Crippen LogP) is 3.68. The maximum Gasteiger partial charge on any atom is 0.204 e. The first-order valence-electron chi connectivity index (χ1n) is 5.24. The van der Waals surface area contributed by atoms with Gasteiger partial charge >= 0.3 is 0 Å². The molecule has 17 heavy (non-hydrogen) atoms. The van der Waals surface area contributed by atoms with Gasteiger partial charge < -0.3 is 14.3 Å². The van der Waals surface area contributed by atoms with E-state index >= 15 is 0 Å². The molecule has 0 aliphatic carbocycles. The minimum Gasteiger partial charge on any atom is -0.461 e. The van der Waals surface area contributed by atoms with Gasteiger partial charge in [0.25, 0.3) is 0 Å². The lowest BCUT2D eigenvalue weighted by Gasteiger charge is -1.99. The molecular formula is C13H10N2O2. The molecule has 0 aliphatic heterocycles. The molecule has 0 saturated carbocycles. The third-order valence-electron chi connectivity index (χ3n) is 2.32. The van der Waals surface area contributed by atoms with Gasteiger partial charge in [0.2, 0.25) is 5.76 Å². The van der Waals surface area contributed by atoms with E-state index in [2.05, 4.69) is 10.5 Å². The van der Waals surface area contributed by atoms with Crippen molar-refractivity contribution in [2.75, 3.05) is 5.32 Å². The molecule has 0 radical (unpaired) electrons. The van der Waals surface area contributed by atoms with Crippen LogP contribution in [0.5, 0.6) is 0 Å². The number of anilines is 2. The summed E-state index contributed by atoms with van der Waals surface area (Å²) in [6.07, 6.45) is 1.60. The molecule has 0 unspecified atom stereocenters. The number of para-hydroxylation sites is 1. The van der Waals surface area contributed by atoms with E-state index in [-0.39, 0.29) is 0 Å². The zero-order valence-corrected chi connectivity index (χ0v) is 8.96. The second kappa shape index (κ2) is 4.17. The van der Waals surface area contributed by atoms with Gasteiger partial charge in [0.15, 0.2) is 11.6 Å². The van der Waals surface area contributed by atoms with Gasteiger partial charge in [0, 0.05) is 11.8 Å². The fourth-order valence-corrected chi connectivity index (χ4v) is 1.54. The number of rotatable bonds is 3. The van der Waals surface area contributed by atoms with Crippen LogP contribution in [0, 0.1) is 0 Å². The molecule has 2 heterocycles. The summed E-state index contributed by atoms with van der Waals surface area (Å²) in [5.41, 5.74) is 0.965. The predicted molar refractivity (Wildman–Crippen MR) is 63.9 cm³/mol. The van der Waals surface area contributed by atoms with Crippen molar-refractivity contribution in [1.82, 2.24) is 5.16 Å². The highest BCUT2D eigenvalue weighted by Gasteiger charge is 2.08. The van der Waals surface area contributed by atoms with E-state index in [9.17, 15) is 0 Å². The Morgan fingerprint density at radius 1 is 0.941 bits per heavy atom. The molecule has 0 saturated heterocycles. The number of nitrogens with one attached hydrogen (secondary N) is 1. The Hall–Kier alpha value is -2.49. The first-order valence-corrected chi connectivity index (χ1v) is 5.24. The summed E-state index contributed by atoms with van der Waals surface area (Å²) < 4.78 is 10.4. The van der Waals surface area contributed by atoms with Crippen molar-refractivity contribution in [3.63, 3.8) is 0 Å². The van der Waals surface area contributed by atoms with Crippen molar-refractivity contribution >= 4 is 11.5 Å². The van der Waals surface area contributed by atoms with Crippen LogP contribution in [-0.2, 0) is 0 Å². The van der Waals surface area contributed by atoms with Gasteiger partial charge in [-0.2, -0.15) is 0 Å². The number of benzene rings is 1. The zero-order chi connectivity index (χ0) is 11.5.